The predicted octanol–water partition coefficient (Wildman–Crippen LogP) is 13.7. The predicted molar refractivity (Wildman–Crippen MR) is 232 cm³/mol. The van der Waals surface area contributed by atoms with E-state index < -0.39 is 0 Å². The molecule has 0 aliphatic rings. The molecule has 12 aromatic rings. The number of hydrogen-bond donors (Lipinski definition) is 0. The van der Waals surface area contributed by atoms with Crippen LogP contribution in [-0.2, 0) is 0 Å². The molecule has 3 aromatic heterocycles. The third-order valence-corrected chi connectivity index (χ3v) is 12.0. The minimum Gasteiger partial charge on any atom is -0.435 e. The number of hydrogen-bond acceptors (Lipinski definition) is 6. The van der Waals surface area contributed by atoms with Gasteiger partial charge in [-0.2, -0.15) is 0 Å². The van der Waals surface area contributed by atoms with Gasteiger partial charge in [0.25, 0.3) is 0 Å². The highest BCUT2D eigenvalue weighted by molar-refractivity contribution is 7.25. The molecule has 0 fully saturated rings. The van der Waals surface area contributed by atoms with Gasteiger partial charge in [-0.05, 0) is 74.8 Å². The van der Waals surface area contributed by atoms with Crippen molar-refractivity contribution in [1.29, 1.82) is 0 Å². The molecule has 5 nitrogen and oxygen atoms in total. The van der Waals surface area contributed by atoms with Crippen molar-refractivity contribution in [3.05, 3.63) is 170 Å². The first-order valence-corrected chi connectivity index (χ1v) is 19.4. The van der Waals surface area contributed by atoms with E-state index in [1.807, 2.05) is 36.4 Å². The molecule has 0 saturated heterocycles. The van der Waals surface area contributed by atoms with Crippen LogP contribution in [0.25, 0.3) is 120 Å². The molecule has 0 N–H and O–H groups in total. The van der Waals surface area contributed by atoms with Crippen LogP contribution in [-0.4, -0.2) is 19.9 Å². The highest BCUT2D eigenvalue weighted by atomic mass is 32.1. The third-order valence-electron chi connectivity index (χ3n) is 10.9. The summed E-state index contributed by atoms with van der Waals surface area (Å²) in [6.45, 7) is 0. The van der Waals surface area contributed by atoms with Crippen LogP contribution >= 0.6 is 11.3 Å². The number of benzene rings is 9. The Kier molecular flexibility index (Phi) is 6.73. The van der Waals surface area contributed by atoms with E-state index in [1.165, 1.54) is 25.6 Å². The molecule has 0 saturated carbocycles. The zero-order valence-corrected chi connectivity index (χ0v) is 30.6. The zero-order chi connectivity index (χ0) is 36.7. The monoisotopic (exact) mass is 732 g/mol. The summed E-state index contributed by atoms with van der Waals surface area (Å²) in [6.07, 6.45) is 0. The van der Waals surface area contributed by atoms with Crippen molar-refractivity contribution in [2.45, 2.75) is 0 Å². The standard InChI is InChI=1S/C50H28N4OS/c1-2-10-32(11-3-1)50-51-40-26-24-31-19-18-30-20-21-34-28-36(23-25-37(34)43(30)44(31)46(40)55-50)48-52-47(35-22-17-29-9-4-5-12-33(29)27-35)53-49(54-48)39-14-8-16-42-45(39)38-13-6-7-15-41(38)56-42/h1-28H. The Morgan fingerprint density at radius 1 is 0.375 bits per heavy atom. The Bertz CT molecular complexity index is 3550. The average molecular weight is 733 g/mol. The van der Waals surface area contributed by atoms with Gasteiger partial charge in [-0.15, -0.1) is 11.3 Å². The molecule has 260 valence electrons. The largest absolute Gasteiger partial charge is 0.435 e. The van der Waals surface area contributed by atoms with Gasteiger partial charge in [-0.25, -0.2) is 19.9 Å². The SMILES string of the molecule is c1ccc(-c2nc3ccc4ccc5ccc6cc(-c7nc(-c8ccc9ccccc9c8)nc(-c8cccc9sc%10ccccc%10c89)n7)ccc6c5c4c3o2)cc1. The van der Waals surface area contributed by atoms with Crippen molar-refractivity contribution in [2.75, 3.05) is 0 Å². The lowest BCUT2D eigenvalue weighted by Crippen LogP contribution is -2.00. The van der Waals surface area contributed by atoms with Crippen molar-refractivity contribution in [1.82, 2.24) is 19.9 Å². The second-order valence-electron chi connectivity index (χ2n) is 14.2. The second kappa shape index (κ2) is 12.1. The lowest BCUT2D eigenvalue weighted by atomic mass is 9.95. The van der Waals surface area contributed by atoms with E-state index >= 15 is 0 Å². The Labute approximate surface area is 324 Å². The van der Waals surface area contributed by atoms with E-state index in [2.05, 4.69) is 133 Å². The summed E-state index contributed by atoms with van der Waals surface area (Å²) >= 11 is 1.79. The molecular weight excluding hydrogens is 705 g/mol. The van der Waals surface area contributed by atoms with Crippen molar-refractivity contribution in [3.63, 3.8) is 0 Å². The number of nitrogens with zero attached hydrogens (tertiary/aromatic N) is 4. The van der Waals surface area contributed by atoms with E-state index in [4.69, 9.17) is 24.4 Å². The molecule has 0 aliphatic heterocycles. The number of aromatic nitrogens is 4. The fraction of sp³-hybridized carbons (Fsp3) is 0. The average Bonchev–Trinajstić information content (AvgIpc) is 3.88. The Balaban J connectivity index is 1.08. The Hall–Kier alpha value is -7.28. The lowest BCUT2D eigenvalue weighted by molar-refractivity contribution is 0.623. The maximum absolute atomic E-state index is 6.57. The molecule has 0 aliphatic carbocycles. The van der Waals surface area contributed by atoms with Crippen LogP contribution in [0.2, 0.25) is 0 Å². The lowest BCUT2D eigenvalue weighted by Gasteiger charge is -2.12. The summed E-state index contributed by atoms with van der Waals surface area (Å²) in [7, 11) is 0. The minimum atomic E-state index is 0.617. The molecule has 0 unspecified atom stereocenters. The molecule has 0 atom stereocenters. The molecule has 0 amide bonds. The summed E-state index contributed by atoms with van der Waals surface area (Å²) in [4.78, 5) is 20.5. The van der Waals surface area contributed by atoms with Gasteiger partial charge in [-0.3, -0.25) is 0 Å². The van der Waals surface area contributed by atoms with Gasteiger partial charge in [0, 0.05) is 53.2 Å². The number of thiophene rings is 1. The van der Waals surface area contributed by atoms with Gasteiger partial charge in [0.2, 0.25) is 5.89 Å². The molecule has 3 heterocycles. The molecule has 0 spiro atoms. The molecule has 56 heavy (non-hydrogen) atoms. The summed E-state index contributed by atoms with van der Waals surface area (Å²) in [5, 5.41) is 11.3. The zero-order valence-electron chi connectivity index (χ0n) is 29.8. The number of oxazole rings is 1. The normalized spacial score (nSPS) is 11.9. The Morgan fingerprint density at radius 2 is 1.02 bits per heavy atom. The summed E-state index contributed by atoms with van der Waals surface area (Å²) in [5.74, 6) is 2.53. The maximum Gasteiger partial charge on any atom is 0.227 e. The fourth-order valence-corrected chi connectivity index (χ4v) is 9.37. The van der Waals surface area contributed by atoms with E-state index in [9.17, 15) is 0 Å². The van der Waals surface area contributed by atoms with Gasteiger partial charge >= 0.3 is 0 Å². The van der Waals surface area contributed by atoms with Crippen molar-refractivity contribution < 1.29 is 4.42 Å². The summed E-state index contributed by atoms with van der Waals surface area (Å²) in [6, 6.07) is 59.3. The number of fused-ring (bicyclic) bond motifs is 11. The van der Waals surface area contributed by atoms with Gasteiger partial charge in [0.1, 0.15) is 5.52 Å². The van der Waals surface area contributed by atoms with E-state index in [1.54, 1.807) is 11.3 Å². The number of rotatable bonds is 4. The smallest absolute Gasteiger partial charge is 0.227 e. The Morgan fingerprint density at radius 3 is 1.88 bits per heavy atom. The molecule has 12 rings (SSSR count). The van der Waals surface area contributed by atoms with Crippen LogP contribution in [0.4, 0.5) is 0 Å². The van der Waals surface area contributed by atoms with Gasteiger partial charge in [0.15, 0.2) is 23.1 Å². The molecule has 0 radical (unpaired) electrons. The first-order valence-electron chi connectivity index (χ1n) is 18.6. The summed E-state index contributed by atoms with van der Waals surface area (Å²) in [5.41, 5.74) is 5.44. The molecule has 6 heteroatoms. The molecular formula is C50H28N4OS. The quantitative estimate of drug-likeness (QED) is 0.169. The van der Waals surface area contributed by atoms with Crippen LogP contribution in [0.15, 0.2) is 174 Å². The van der Waals surface area contributed by atoms with Gasteiger partial charge < -0.3 is 4.42 Å². The van der Waals surface area contributed by atoms with Crippen LogP contribution in [0.1, 0.15) is 0 Å². The van der Waals surface area contributed by atoms with Crippen molar-refractivity contribution in [3.8, 4) is 45.6 Å². The van der Waals surface area contributed by atoms with Crippen LogP contribution in [0.5, 0.6) is 0 Å². The van der Waals surface area contributed by atoms with Crippen LogP contribution < -0.4 is 0 Å². The van der Waals surface area contributed by atoms with E-state index in [-0.39, 0.29) is 0 Å². The van der Waals surface area contributed by atoms with Crippen molar-refractivity contribution in [2.24, 2.45) is 0 Å². The van der Waals surface area contributed by atoms with Crippen molar-refractivity contribution >= 4 is 85.7 Å². The highest BCUT2D eigenvalue weighted by Gasteiger charge is 2.19. The minimum absolute atomic E-state index is 0.617. The fourth-order valence-electron chi connectivity index (χ4n) is 8.24. The highest BCUT2D eigenvalue weighted by Crippen LogP contribution is 2.41. The maximum atomic E-state index is 6.57. The van der Waals surface area contributed by atoms with E-state index in [0.29, 0.717) is 23.4 Å². The van der Waals surface area contributed by atoms with Crippen LogP contribution in [0.3, 0.4) is 0 Å². The molecule has 9 aromatic carbocycles. The van der Waals surface area contributed by atoms with E-state index in [0.717, 1.165) is 71.1 Å². The van der Waals surface area contributed by atoms with Gasteiger partial charge in [0.05, 0.1) is 0 Å². The van der Waals surface area contributed by atoms with Gasteiger partial charge in [-0.1, -0.05) is 127 Å². The third kappa shape index (κ3) is 4.86. The molecule has 0 bridgehead atoms. The second-order valence-corrected chi connectivity index (χ2v) is 15.3. The van der Waals surface area contributed by atoms with Crippen LogP contribution in [0, 0.1) is 0 Å². The first kappa shape index (κ1) is 31.1. The first-order chi connectivity index (χ1) is 27.7. The topological polar surface area (TPSA) is 64.7 Å². The summed E-state index contributed by atoms with van der Waals surface area (Å²) < 4.78 is 9.02.